The van der Waals surface area contributed by atoms with Crippen molar-refractivity contribution in [3.63, 3.8) is 0 Å². The summed E-state index contributed by atoms with van der Waals surface area (Å²) in [6.45, 7) is 4.10. The molecule has 3 aromatic rings. The summed E-state index contributed by atoms with van der Waals surface area (Å²) in [5.74, 6) is 0.699. The van der Waals surface area contributed by atoms with Gasteiger partial charge in [0.25, 0.3) is 0 Å². The van der Waals surface area contributed by atoms with Crippen LogP contribution in [0.3, 0.4) is 0 Å². The maximum atomic E-state index is 14.0. The molecule has 0 radical (unpaired) electrons. The van der Waals surface area contributed by atoms with Gasteiger partial charge in [-0.2, -0.15) is 0 Å². The predicted octanol–water partition coefficient (Wildman–Crippen LogP) is 3.88. The molecular weight excluding hydrogens is 369 g/mol. The number of anilines is 1. The van der Waals surface area contributed by atoms with Crippen molar-refractivity contribution in [3.05, 3.63) is 45.8 Å². The number of halogens is 1. The number of aryl methyl sites for hydroxylation is 2. The van der Waals surface area contributed by atoms with Crippen molar-refractivity contribution < 1.29 is 18.7 Å². The first kappa shape index (κ1) is 19.0. The van der Waals surface area contributed by atoms with Gasteiger partial charge >= 0.3 is 5.97 Å². The molecule has 0 aliphatic carbocycles. The lowest BCUT2D eigenvalue weighted by molar-refractivity contribution is 0.0605. The lowest BCUT2D eigenvalue weighted by atomic mass is 10.1. The molecule has 2 aromatic heterocycles. The average molecular weight is 389 g/mol. The largest absolute Gasteiger partial charge is 0.494 e. The summed E-state index contributed by atoms with van der Waals surface area (Å²) >= 11 is 1.29. The molecule has 0 aliphatic heterocycles. The maximum Gasteiger partial charge on any atom is 0.348 e. The van der Waals surface area contributed by atoms with Crippen LogP contribution in [-0.4, -0.2) is 37.2 Å². The Bertz CT molecular complexity index is 1020. The lowest BCUT2D eigenvalue weighted by Gasteiger charge is -2.20. The van der Waals surface area contributed by atoms with E-state index in [0.717, 1.165) is 21.3 Å². The lowest BCUT2D eigenvalue weighted by Crippen LogP contribution is -2.19. The van der Waals surface area contributed by atoms with Crippen molar-refractivity contribution in [3.8, 4) is 5.75 Å². The first-order valence-corrected chi connectivity index (χ1v) is 9.07. The van der Waals surface area contributed by atoms with Crippen LogP contribution in [0.15, 0.2) is 18.2 Å². The van der Waals surface area contributed by atoms with Gasteiger partial charge in [-0.1, -0.05) is 6.07 Å². The predicted molar refractivity (Wildman–Crippen MR) is 103 cm³/mol. The highest BCUT2D eigenvalue weighted by Gasteiger charge is 2.22. The molecule has 0 unspecified atom stereocenters. The molecule has 142 valence electrons. The molecule has 0 saturated heterocycles. The second kappa shape index (κ2) is 7.48. The van der Waals surface area contributed by atoms with E-state index in [2.05, 4.69) is 9.97 Å². The van der Waals surface area contributed by atoms with Crippen molar-refractivity contribution in [2.24, 2.45) is 0 Å². The molecule has 0 bridgehead atoms. The zero-order valence-corrected chi connectivity index (χ0v) is 16.6. The number of esters is 1. The number of thiophene rings is 1. The summed E-state index contributed by atoms with van der Waals surface area (Å²) in [7, 11) is 4.66. The van der Waals surface area contributed by atoms with Crippen molar-refractivity contribution in [1.29, 1.82) is 0 Å². The first-order chi connectivity index (χ1) is 12.8. The van der Waals surface area contributed by atoms with Crippen molar-refractivity contribution in [2.75, 3.05) is 26.2 Å². The summed E-state index contributed by atoms with van der Waals surface area (Å²) in [5, 5.41) is 0.808. The minimum Gasteiger partial charge on any atom is -0.494 e. The number of methoxy groups -OCH3 is 2. The van der Waals surface area contributed by atoms with Crippen molar-refractivity contribution in [2.45, 2.75) is 20.4 Å². The molecule has 0 amide bonds. The van der Waals surface area contributed by atoms with Gasteiger partial charge in [0, 0.05) is 13.6 Å². The van der Waals surface area contributed by atoms with E-state index in [9.17, 15) is 9.18 Å². The van der Waals surface area contributed by atoms with Crippen LogP contribution in [-0.2, 0) is 11.3 Å². The molecule has 0 saturated carbocycles. The van der Waals surface area contributed by atoms with E-state index >= 15 is 0 Å². The second-order valence-corrected chi connectivity index (χ2v) is 7.15. The molecule has 6 nitrogen and oxygen atoms in total. The molecule has 27 heavy (non-hydrogen) atoms. The van der Waals surface area contributed by atoms with Gasteiger partial charge in [0.1, 0.15) is 21.3 Å². The minimum absolute atomic E-state index is 0.207. The van der Waals surface area contributed by atoms with Crippen LogP contribution in [0.2, 0.25) is 0 Å². The van der Waals surface area contributed by atoms with Crippen LogP contribution >= 0.6 is 11.3 Å². The average Bonchev–Trinajstić information content (AvgIpc) is 2.97. The zero-order chi connectivity index (χ0) is 19.7. The third kappa shape index (κ3) is 3.57. The van der Waals surface area contributed by atoms with E-state index in [1.807, 2.05) is 24.9 Å². The molecule has 0 spiro atoms. The Labute approximate surface area is 160 Å². The second-order valence-electron chi connectivity index (χ2n) is 6.15. The van der Waals surface area contributed by atoms with Gasteiger partial charge < -0.3 is 14.4 Å². The standard InChI is InChI=1S/C19H20FN3O3S/c1-10-15-17(21-11(2)22-18(15)27-16(10)19(24)26-5)23(3)9-12-6-7-14(25-4)13(20)8-12/h6-8H,9H2,1-5H3. The summed E-state index contributed by atoms with van der Waals surface area (Å²) in [5.41, 5.74) is 1.56. The van der Waals surface area contributed by atoms with E-state index in [0.29, 0.717) is 23.1 Å². The number of hydrogen-bond donors (Lipinski definition) is 0. The fraction of sp³-hybridized carbons (Fsp3) is 0.316. The molecule has 0 N–H and O–H groups in total. The Morgan fingerprint density at radius 1 is 1.26 bits per heavy atom. The quantitative estimate of drug-likeness (QED) is 0.617. The monoisotopic (exact) mass is 389 g/mol. The fourth-order valence-corrected chi connectivity index (χ4v) is 4.08. The SMILES string of the molecule is COC(=O)c1sc2nc(C)nc(N(C)Cc3ccc(OC)c(F)c3)c2c1C. The molecule has 0 fully saturated rings. The molecule has 8 heteroatoms. The zero-order valence-electron chi connectivity index (χ0n) is 15.8. The first-order valence-electron chi connectivity index (χ1n) is 8.25. The van der Waals surface area contributed by atoms with Crippen LogP contribution in [0.1, 0.15) is 26.6 Å². The van der Waals surface area contributed by atoms with Crippen molar-refractivity contribution in [1.82, 2.24) is 9.97 Å². The highest BCUT2D eigenvalue weighted by atomic mass is 32.1. The molecule has 3 rings (SSSR count). The highest BCUT2D eigenvalue weighted by Crippen LogP contribution is 2.36. The van der Waals surface area contributed by atoms with Gasteiger partial charge in [-0.05, 0) is 37.1 Å². The van der Waals surface area contributed by atoms with Gasteiger partial charge in [-0.3, -0.25) is 0 Å². The Hall–Kier alpha value is -2.74. The summed E-state index contributed by atoms with van der Waals surface area (Å²) < 4.78 is 23.8. The minimum atomic E-state index is -0.410. The maximum absolute atomic E-state index is 14.0. The smallest absolute Gasteiger partial charge is 0.348 e. The third-order valence-corrected chi connectivity index (χ3v) is 5.42. The van der Waals surface area contributed by atoms with E-state index in [1.54, 1.807) is 13.0 Å². The molecular formula is C19H20FN3O3S. The van der Waals surface area contributed by atoms with Gasteiger partial charge in [0.2, 0.25) is 0 Å². The van der Waals surface area contributed by atoms with Gasteiger partial charge in [-0.25, -0.2) is 19.2 Å². The van der Waals surface area contributed by atoms with Gasteiger partial charge in [0.15, 0.2) is 11.6 Å². The van der Waals surface area contributed by atoms with Gasteiger partial charge in [-0.15, -0.1) is 11.3 Å². The van der Waals surface area contributed by atoms with Crippen molar-refractivity contribution >= 4 is 33.3 Å². The van der Waals surface area contributed by atoms with E-state index in [4.69, 9.17) is 9.47 Å². The number of benzene rings is 1. The van der Waals surface area contributed by atoms with Gasteiger partial charge in [0.05, 0.1) is 19.6 Å². The van der Waals surface area contributed by atoms with Crippen LogP contribution in [0.4, 0.5) is 10.2 Å². The Morgan fingerprint density at radius 3 is 2.63 bits per heavy atom. The summed E-state index contributed by atoms with van der Waals surface area (Å²) in [6.07, 6.45) is 0. The number of nitrogens with zero attached hydrogens (tertiary/aromatic N) is 3. The molecule has 0 atom stereocenters. The molecule has 1 aromatic carbocycles. The topological polar surface area (TPSA) is 64.5 Å². The van der Waals surface area contributed by atoms with Crippen LogP contribution in [0.5, 0.6) is 5.75 Å². The number of carbonyl (C=O) groups is 1. The highest BCUT2D eigenvalue weighted by molar-refractivity contribution is 7.20. The van der Waals surface area contributed by atoms with Crippen LogP contribution in [0.25, 0.3) is 10.2 Å². The molecule has 2 heterocycles. The Morgan fingerprint density at radius 2 is 2.00 bits per heavy atom. The normalized spacial score (nSPS) is 10.9. The number of carbonyl (C=O) groups excluding carboxylic acids is 1. The third-order valence-electron chi connectivity index (χ3n) is 4.25. The summed E-state index contributed by atoms with van der Waals surface area (Å²) in [6, 6.07) is 4.86. The number of aromatic nitrogens is 2. The van der Waals surface area contributed by atoms with E-state index < -0.39 is 5.82 Å². The number of hydrogen-bond acceptors (Lipinski definition) is 7. The van der Waals surface area contributed by atoms with Crippen LogP contribution in [0, 0.1) is 19.7 Å². The Balaban J connectivity index is 2.03. The number of ether oxygens (including phenoxy) is 2. The number of fused-ring (bicyclic) bond motifs is 1. The van der Waals surface area contributed by atoms with Crippen LogP contribution < -0.4 is 9.64 Å². The van der Waals surface area contributed by atoms with E-state index in [1.165, 1.54) is 31.6 Å². The fourth-order valence-electron chi connectivity index (χ4n) is 2.94. The molecule has 0 aliphatic rings. The van der Waals surface area contributed by atoms with E-state index in [-0.39, 0.29) is 11.7 Å². The number of rotatable bonds is 5. The Kier molecular flexibility index (Phi) is 5.27. The summed E-state index contributed by atoms with van der Waals surface area (Å²) in [4.78, 5) is 24.2.